The van der Waals surface area contributed by atoms with Gasteiger partial charge in [-0.25, -0.2) is 4.68 Å². The Balaban J connectivity index is 2.43. The standard InChI is InChI=1S/C15H17ClN2O/c1-15(2,3)13-12(10-19)14(16)18(17-13)9-11-7-5-4-6-8-11/h4-8,10H,9H2,1-3H3. The average molecular weight is 277 g/mol. The predicted molar refractivity (Wildman–Crippen MR) is 76.9 cm³/mol. The normalized spacial score (nSPS) is 11.6. The molecule has 1 aromatic carbocycles. The van der Waals surface area contributed by atoms with E-state index < -0.39 is 0 Å². The highest BCUT2D eigenvalue weighted by atomic mass is 35.5. The van der Waals surface area contributed by atoms with Crippen molar-refractivity contribution in [1.29, 1.82) is 0 Å². The highest BCUT2D eigenvalue weighted by Crippen LogP contribution is 2.29. The molecule has 0 saturated heterocycles. The molecule has 0 atom stereocenters. The number of hydrogen-bond donors (Lipinski definition) is 0. The first-order chi connectivity index (χ1) is 8.93. The first-order valence-electron chi connectivity index (χ1n) is 6.19. The number of aldehydes is 1. The summed E-state index contributed by atoms with van der Waals surface area (Å²) in [4.78, 5) is 11.2. The van der Waals surface area contributed by atoms with Gasteiger partial charge in [0.15, 0.2) is 6.29 Å². The van der Waals surface area contributed by atoms with E-state index in [-0.39, 0.29) is 5.41 Å². The van der Waals surface area contributed by atoms with Crippen molar-refractivity contribution < 1.29 is 4.79 Å². The minimum atomic E-state index is -0.207. The molecule has 0 spiro atoms. The lowest BCUT2D eigenvalue weighted by molar-refractivity contribution is 0.112. The van der Waals surface area contributed by atoms with Crippen LogP contribution in [0.3, 0.4) is 0 Å². The van der Waals surface area contributed by atoms with E-state index in [1.165, 1.54) is 0 Å². The maximum Gasteiger partial charge on any atom is 0.155 e. The Bertz CT molecular complexity index is 582. The maximum atomic E-state index is 11.2. The molecule has 0 saturated carbocycles. The van der Waals surface area contributed by atoms with Crippen molar-refractivity contribution in [1.82, 2.24) is 9.78 Å². The lowest BCUT2D eigenvalue weighted by Crippen LogP contribution is -2.15. The molecule has 0 aliphatic carbocycles. The highest BCUT2D eigenvalue weighted by molar-refractivity contribution is 6.32. The first-order valence-corrected chi connectivity index (χ1v) is 6.57. The van der Waals surface area contributed by atoms with Crippen LogP contribution >= 0.6 is 11.6 Å². The SMILES string of the molecule is CC(C)(C)c1nn(Cc2ccccc2)c(Cl)c1C=O. The van der Waals surface area contributed by atoms with Gasteiger partial charge in [-0.1, -0.05) is 62.7 Å². The van der Waals surface area contributed by atoms with Gasteiger partial charge in [-0.05, 0) is 5.56 Å². The zero-order chi connectivity index (χ0) is 14.0. The quantitative estimate of drug-likeness (QED) is 0.801. The molecular weight excluding hydrogens is 260 g/mol. The van der Waals surface area contributed by atoms with Gasteiger partial charge in [-0.2, -0.15) is 5.10 Å². The summed E-state index contributed by atoms with van der Waals surface area (Å²) in [6.45, 7) is 6.62. The van der Waals surface area contributed by atoms with E-state index >= 15 is 0 Å². The Morgan fingerprint density at radius 1 is 1.26 bits per heavy atom. The highest BCUT2D eigenvalue weighted by Gasteiger charge is 2.25. The fourth-order valence-electron chi connectivity index (χ4n) is 1.97. The summed E-state index contributed by atoms with van der Waals surface area (Å²) >= 11 is 6.25. The number of nitrogens with zero attached hydrogens (tertiary/aromatic N) is 2. The average Bonchev–Trinajstić information content (AvgIpc) is 2.67. The Morgan fingerprint density at radius 3 is 2.37 bits per heavy atom. The molecule has 2 rings (SSSR count). The van der Waals surface area contributed by atoms with Crippen molar-refractivity contribution in [3.8, 4) is 0 Å². The second kappa shape index (κ2) is 5.17. The molecule has 0 aliphatic rings. The lowest BCUT2D eigenvalue weighted by atomic mass is 9.90. The summed E-state index contributed by atoms with van der Waals surface area (Å²) in [5.74, 6) is 0. The molecule has 3 nitrogen and oxygen atoms in total. The topological polar surface area (TPSA) is 34.9 Å². The van der Waals surface area contributed by atoms with E-state index in [0.29, 0.717) is 17.3 Å². The van der Waals surface area contributed by atoms with Crippen LogP contribution in [0.15, 0.2) is 30.3 Å². The van der Waals surface area contributed by atoms with Crippen molar-refractivity contribution in [3.05, 3.63) is 52.3 Å². The fraction of sp³-hybridized carbons (Fsp3) is 0.333. The van der Waals surface area contributed by atoms with Gasteiger partial charge in [0.05, 0.1) is 17.8 Å². The van der Waals surface area contributed by atoms with Gasteiger partial charge in [0.2, 0.25) is 0 Å². The van der Waals surface area contributed by atoms with Crippen LogP contribution < -0.4 is 0 Å². The largest absolute Gasteiger partial charge is 0.298 e. The van der Waals surface area contributed by atoms with E-state index in [0.717, 1.165) is 17.5 Å². The summed E-state index contributed by atoms with van der Waals surface area (Å²) in [5.41, 5.74) is 2.13. The van der Waals surface area contributed by atoms with Crippen LogP contribution in [0.1, 0.15) is 42.4 Å². The van der Waals surface area contributed by atoms with Gasteiger partial charge < -0.3 is 0 Å². The zero-order valence-electron chi connectivity index (χ0n) is 11.4. The summed E-state index contributed by atoms with van der Waals surface area (Å²) in [6.07, 6.45) is 0.789. The fourth-order valence-corrected chi connectivity index (χ4v) is 2.21. The zero-order valence-corrected chi connectivity index (χ0v) is 12.1. The van der Waals surface area contributed by atoms with E-state index in [1.807, 2.05) is 51.1 Å². The first kappa shape index (κ1) is 13.8. The predicted octanol–water partition coefficient (Wildman–Crippen LogP) is 3.69. The smallest absolute Gasteiger partial charge is 0.155 e. The van der Waals surface area contributed by atoms with Gasteiger partial charge in [0.1, 0.15) is 5.15 Å². The van der Waals surface area contributed by atoms with Crippen LogP contribution in [0.2, 0.25) is 5.15 Å². The van der Waals surface area contributed by atoms with Crippen molar-refractivity contribution >= 4 is 17.9 Å². The van der Waals surface area contributed by atoms with Gasteiger partial charge in [0.25, 0.3) is 0 Å². The van der Waals surface area contributed by atoms with Crippen molar-refractivity contribution in [2.24, 2.45) is 0 Å². The maximum absolute atomic E-state index is 11.2. The second-order valence-corrected chi connectivity index (χ2v) is 5.92. The Hall–Kier alpha value is -1.61. The third-order valence-electron chi connectivity index (χ3n) is 2.93. The van der Waals surface area contributed by atoms with Gasteiger partial charge in [-0.3, -0.25) is 4.79 Å². The molecule has 4 heteroatoms. The Kier molecular flexibility index (Phi) is 3.76. The molecule has 0 unspecified atom stereocenters. The Labute approximate surface area is 118 Å². The molecule has 19 heavy (non-hydrogen) atoms. The number of carbonyl (C=O) groups excluding carboxylic acids is 1. The minimum absolute atomic E-state index is 0.207. The van der Waals surface area contributed by atoms with Crippen LogP contribution in [-0.4, -0.2) is 16.1 Å². The van der Waals surface area contributed by atoms with Crippen LogP contribution in [0.4, 0.5) is 0 Å². The summed E-state index contributed by atoms with van der Waals surface area (Å²) in [5, 5.41) is 4.91. The van der Waals surface area contributed by atoms with Crippen molar-refractivity contribution in [3.63, 3.8) is 0 Å². The number of hydrogen-bond acceptors (Lipinski definition) is 2. The third-order valence-corrected chi connectivity index (χ3v) is 3.33. The lowest BCUT2D eigenvalue weighted by Gasteiger charge is -2.15. The van der Waals surface area contributed by atoms with E-state index in [2.05, 4.69) is 5.10 Å². The molecular formula is C15H17ClN2O. The molecule has 0 fully saturated rings. The molecule has 100 valence electrons. The van der Waals surface area contributed by atoms with Gasteiger partial charge in [0, 0.05) is 5.41 Å². The van der Waals surface area contributed by atoms with E-state index in [1.54, 1.807) is 4.68 Å². The molecule has 0 bridgehead atoms. The third kappa shape index (κ3) is 2.87. The molecule has 2 aromatic rings. The molecule has 0 N–H and O–H groups in total. The van der Waals surface area contributed by atoms with Crippen LogP contribution in [0, 0.1) is 0 Å². The summed E-state index contributed by atoms with van der Waals surface area (Å²) in [6, 6.07) is 9.92. The molecule has 0 radical (unpaired) electrons. The number of rotatable bonds is 3. The molecule has 1 heterocycles. The number of carbonyl (C=O) groups is 1. The van der Waals surface area contributed by atoms with Gasteiger partial charge in [-0.15, -0.1) is 0 Å². The molecule has 0 amide bonds. The number of benzene rings is 1. The molecule has 0 aliphatic heterocycles. The van der Waals surface area contributed by atoms with E-state index in [9.17, 15) is 4.79 Å². The van der Waals surface area contributed by atoms with Crippen molar-refractivity contribution in [2.75, 3.05) is 0 Å². The van der Waals surface area contributed by atoms with E-state index in [4.69, 9.17) is 11.6 Å². The molecule has 1 aromatic heterocycles. The summed E-state index contributed by atoms with van der Waals surface area (Å²) < 4.78 is 1.68. The Morgan fingerprint density at radius 2 is 1.89 bits per heavy atom. The summed E-state index contributed by atoms with van der Waals surface area (Å²) in [7, 11) is 0. The van der Waals surface area contributed by atoms with Crippen LogP contribution in [-0.2, 0) is 12.0 Å². The second-order valence-electron chi connectivity index (χ2n) is 5.56. The van der Waals surface area contributed by atoms with Crippen molar-refractivity contribution in [2.45, 2.75) is 32.7 Å². The number of aromatic nitrogens is 2. The van der Waals surface area contributed by atoms with Crippen LogP contribution in [0.25, 0.3) is 0 Å². The monoisotopic (exact) mass is 276 g/mol. The number of halogens is 1. The van der Waals surface area contributed by atoms with Gasteiger partial charge >= 0.3 is 0 Å². The van der Waals surface area contributed by atoms with Crippen LogP contribution in [0.5, 0.6) is 0 Å². The minimum Gasteiger partial charge on any atom is -0.298 e.